The van der Waals surface area contributed by atoms with Crippen LogP contribution in [0, 0.1) is 5.92 Å². The third-order valence-electron chi connectivity index (χ3n) is 6.69. The number of aromatic nitrogens is 3. The van der Waals surface area contributed by atoms with Gasteiger partial charge in [-0.25, -0.2) is 0 Å². The minimum Gasteiger partial charge on any atom is -0.496 e. The molecule has 1 aromatic carbocycles. The van der Waals surface area contributed by atoms with Gasteiger partial charge >= 0.3 is 0 Å². The molecule has 1 aliphatic heterocycles. The highest BCUT2D eigenvalue weighted by atomic mass is 16.5. The molecule has 1 saturated carbocycles. The summed E-state index contributed by atoms with van der Waals surface area (Å²) < 4.78 is 5.49. The lowest BCUT2D eigenvalue weighted by atomic mass is 10.0. The van der Waals surface area contributed by atoms with Crippen LogP contribution in [-0.4, -0.2) is 59.0 Å². The van der Waals surface area contributed by atoms with Gasteiger partial charge < -0.3 is 15.0 Å². The zero-order valence-electron chi connectivity index (χ0n) is 18.9. The summed E-state index contributed by atoms with van der Waals surface area (Å²) in [6, 6.07) is 3.70. The molecule has 0 radical (unpaired) electrons. The Morgan fingerprint density at radius 1 is 1.03 bits per heavy atom. The number of carbonyl (C=O) groups is 1. The second-order valence-corrected chi connectivity index (χ2v) is 9.36. The van der Waals surface area contributed by atoms with E-state index in [1.165, 1.54) is 70.8 Å². The molecule has 2 fully saturated rings. The number of hydrogen-bond donors (Lipinski definition) is 2. The maximum Gasteiger partial charge on any atom is 0.255 e. The molecule has 31 heavy (non-hydrogen) atoms. The first-order valence-electron chi connectivity index (χ1n) is 12.1. The number of nitrogens with zero attached hydrogens (tertiary/aromatic N) is 3. The van der Waals surface area contributed by atoms with Crippen molar-refractivity contribution < 1.29 is 9.53 Å². The number of amides is 1. The molecule has 0 spiro atoms. The lowest BCUT2D eigenvalue weighted by Gasteiger charge is -2.28. The summed E-state index contributed by atoms with van der Waals surface area (Å²) in [7, 11) is 1.59. The number of nitrogens with one attached hydrogen (secondary N) is 2. The zero-order chi connectivity index (χ0) is 21.5. The number of H-pyrrole nitrogens is 1. The number of benzene rings is 1. The Balaban J connectivity index is 1.47. The predicted octanol–water partition coefficient (Wildman–Crippen LogP) is 4.30. The van der Waals surface area contributed by atoms with Crippen LogP contribution >= 0.6 is 0 Å². The highest BCUT2D eigenvalue weighted by molar-refractivity contribution is 6.00. The maximum atomic E-state index is 13.3. The van der Waals surface area contributed by atoms with Gasteiger partial charge in [0.15, 0.2) is 0 Å². The van der Waals surface area contributed by atoms with Gasteiger partial charge in [-0.05, 0) is 44.2 Å². The van der Waals surface area contributed by atoms with Gasteiger partial charge in [-0.1, -0.05) is 44.9 Å². The van der Waals surface area contributed by atoms with Crippen LogP contribution in [0.2, 0.25) is 0 Å². The van der Waals surface area contributed by atoms with Crippen LogP contribution < -0.4 is 10.1 Å². The molecule has 2 aromatic rings. The molecule has 1 aliphatic carbocycles. The van der Waals surface area contributed by atoms with Crippen molar-refractivity contribution in [2.45, 2.75) is 76.7 Å². The Bertz CT molecular complexity index is 848. The van der Waals surface area contributed by atoms with Crippen LogP contribution in [0.1, 0.15) is 81.0 Å². The molecular formula is C24H37N5O2. The number of fused-ring (bicyclic) bond motifs is 1. The first-order valence-corrected chi connectivity index (χ1v) is 12.1. The number of rotatable bonds is 5. The molecule has 1 atom stereocenters. The number of hydrogen-bond acceptors (Lipinski definition) is 5. The van der Waals surface area contributed by atoms with Crippen molar-refractivity contribution in [1.29, 1.82) is 0 Å². The minimum absolute atomic E-state index is 0.0811. The molecule has 170 valence electrons. The molecule has 2 aliphatic rings. The lowest BCUT2D eigenvalue weighted by Crippen LogP contribution is -2.44. The Hall–Kier alpha value is -2.15. The molecule has 2 N–H and O–H groups in total. The second-order valence-electron chi connectivity index (χ2n) is 9.36. The molecular weight excluding hydrogens is 390 g/mol. The van der Waals surface area contributed by atoms with Gasteiger partial charge in [0.05, 0.1) is 12.7 Å². The summed E-state index contributed by atoms with van der Waals surface area (Å²) in [5.41, 5.74) is 1.91. The normalized spacial score (nSPS) is 22.3. The fourth-order valence-electron chi connectivity index (χ4n) is 4.71. The molecule has 4 rings (SSSR count). The van der Waals surface area contributed by atoms with E-state index in [-0.39, 0.29) is 11.9 Å². The molecule has 1 unspecified atom stereocenters. The third-order valence-corrected chi connectivity index (χ3v) is 6.69. The predicted molar refractivity (Wildman–Crippen MR) is 122 cm³/mol. The van der Waals surface area contributed by atoms with Crippen molar-refractivity contribution >= 4 is 16.9 Å². The topological polar surface area (TPSA) is 83.1 Å². The highest BCUT2D eigenvalue weighted by Gasteiger charge is 2.26. The minimum atomic E-state index is -0.0811. The number of ether oxygens (including phenoxy) is 1. The standard InChI is InChI=1S/C24H37N5O2/c1-31-23-15-22-21(26-28-27-22)14-20(23)24(30)25-19-10-8-6-4-2-3-5-7-9-13-29(17-19)16-18-11-12-18/h14-15,18-19H,2-13,16-17H2,1H3,(H,25,30)(H,26,27,28). The Kier molecular flexibility index (Phi) is 7.78. The lowest BCUT2D eigenvalue weighted by molar-refractivity contribution is 0.0916. The van der Waals surface area contributed by atoms with Crippen LogP contribution in [0.3, 0.4) is 0 Å². The maximum absolute atomic E-state index is 13.3. The van der Waals surface area contributed by atoms with E-state index in [0.29, 0.717) is 22.3 Å². The number of methoxy groups -OCH3 is 1. The van der Waals surface area contributed by atoms with Gasteiger partial charge in [-0.15, -0.1) is 0 Å². The molecule has 7 nitrogen and oxygen atoms in total. The van der Waals surface area contributed by atoms with E-state index in [2.05, 4.69) is 25.6 Å². The fraction of sp³-hybridized carbons (Fsp3) is 0.708. The molecule has 1 saturated heterocycles. The van der Waals surface area contributed by atoms with E-state index < -0.39 is 0 Å². The Labute approximate surface area is 185 Å². The van der Waals surface area contributed by atoms with Crippen LogP contribution in [0.25, 0.3) is 11.0 Å². The molecule has 2 heterocycles. The largest absolute Gasteiger partial charge is 0.496 e. The van der Waals surface area contributed by atoms with Crippen molar-refractivity contribution in [1.82, 2.24) is 25.6 Å². The van der Waals surface area contributed by atoms with Crippen LogP contribution in [-0.2, 0) is 0 Å². The Morgan fingerprint density at radius 2 is 1.71 bits per heavy atom. The fourth-order valence-corrected chi connectivity index (χ4v) is 4.71. The average molecular weight is 428 g/mol. The van der Waals surface area contributed by atoms with E-state index >= 15 is 0 Å². The first kappa shape index (κ1) is 22.1. The number of aromatic amines is 1. The van der Waals surface area contributed by atoms with E-state index in [4.69, 9.17) is 4.74 Å². The van der Waals surface area contributed by atoms with Crippen LogP contribution in [0.4, 0.5) is 0 Å². The molecule has 1 aromatic heterocycles. The Morgan fingerprint density at radius 3 is 2.42 bits per heavy atom. The quantitative estimate of drug-likeness (QED) is 0.743. The van der Waals surface area contributed by atoms with Crippen molar-refractivity contribution in [3.8, 4) is 5.75 Å². The smallest absolute Gasteiger partial charge is 0.255 e. The second kappa shape index (κ2) is 10.9. The molecule has 1 amide bonds. The van der Waals surface area contributed by atoms with Crippen molar-refractivity contribution in [2.75, 3.05) is 26.7 Å². The average Bonchev–Trinajstić information content (AvgIpc) is 3.46. The van der Waals surface area contributed by atoms with Crippen LogP contribution in [0.5, 0.6) is 5.75 Å². The summed E-state index contributed by atoms with van der Waals surface area (Å²) in [5, 5.41) is 14.2. The summed E-state index contributed by atoms with van der Waals surface area (Å²) in [6.07, 6.45) is 14.2. The third kappa shape index (κ3) is 6.42. The van der Waals surface area contributed by atoms with E-state index in [1.54, 1.807) is 19.2 Å². The summed E-state index contributed by atoms with van der Waals surface area (Å²) in [4.78, 5) is 15.9. The van der Waals surface area contributed by atoms with Crippen LogP contribution in [0.15, 0.2) is 12.1 Å². The molecule has 7 heteroatoms. The van der Waals surface area contributed by atoms with E-state index in [9.17, 15) is 4.79 Å². The van der Waals surface area contributed by atoms with Gasteiger partial charge in [0.25, 0.3) is 5.91 Å². The summed E-state index contributed by atoms with van der Waals surface area (Å²) >= 11 is 0. The summed E-state index contributed by atoms with van der Waals surface area (Å²) in [5.74, 6) is 1.32. The van der Waals surface area contributed by atoms with E-state index in [0.717, 1.165) is 25.4 Å². The number of carbonyl (C=O) groups excluding carboxylic acids is 1. The first-order chi connectivity index (χ1) is 15.2. The van der Waals surface area contributed by atoms with Gasteiger partial charge in [0.2, 0.25) is 0 Å². The van der Waals surface area contributed by atoms with Gasteiger partial charge in [0, 0.05) is 25.2 Å². The molecule has 0 bridgehead atoms. The van der Waals surface area contributed by atoms with E-state index in [1.807, 2.05) is 0 Å². The van der Waals surface area contributed by atoms with Gasteiger partial charge in [-0.3, -0.25) is 4.79 Å². The van der Waals surface area contributed by atoms with Gasteiger partial charge in [-0.2, -0.15) is 15.4 Å². The highest BCUT2D eigenvalue weighted by Crippen LogP contribution is 2.30. The van der Waals surface area contributed by atoms with Gasteiger partial charge in [0.1, 0.15) is 16.8 Å². The monoisotopic (exact) mass is 427 g/mol. The summed E-state index contributed by atoms with van der Waals surface area (Å²) in [6.45, 7) is 3.27. The van der Waals surface area contributed by atoms with Crippen molar-refractivity contribution in [2.24, 2.45) is 5.92 Å². The van der Waals surface area contributed by atoms with Crippen molar-refractivity contribution in [3.05, 3.63) is 17.7 Å². The SMILES string of the molecule is COc1cc2n[nH]nc2cc1C(=O)NC1CCCCCCCCCCN(CC2CC2)C1. The van der Waals surface area contributed by atoms with Crippen molar-refractivity contribution in [3.63, 3.8) is 0 Å². The zero-order valence-corrected chi connectivity index (χ0v) is 18.9.